The summed E-state index contributed by atoms with van der Waals surface area (Å²) in [6.07, 6.45) is 2.25. The van der Waals surface area contributed by atoms with Gasteiger partial charge in [-0.15, -0.1) is 0 Å². The lowest BCUT2D eigenvalue weighted by molar-refractivity contribution is -0.137. The highest BCUT2D eigenvalue weighted by atomic mass is 16.5. The summed E-state index contributed by atoms with van der Waals surface area (Å²) in [6.45, 7) is 6.24. The molecular weight excluding hydrogens is 270 g/mol. The van der Waals surface area contributed by atoms with E-state index < -0.39 is 5.97 Å². The van der Waals surface area contributed by atoms with Crippen molar-refractivity contribution in [3.8, 4) is 5.75 Å². The molecule has 0 radical (unpaired) electrons. The minimum Gasteiger partial charge on any atom is -0.489 e. The van der Waals surface area contributed by atoms with Crippen LogP contribution >= 0.6 is 0 Å². The molecule has 0 spiro atoms. The van der Waals surface area contributed by atoms with E-state index >= 15 is 0 Å². The maximum absolute atomic E-state index is 12.1. The smallest absolute Gasteiger partial charge is 0.303 e. The molecule has 1 unspecified atom stereocenters. The van der Waals surface area contributed by atoms with Gasteiger partial charge in [0.05, 0.1) is 5.56 Å². The predicted octanol–water partition coefficient (Wildman–Crippen LogP) is 2.48. The van der Waals surface area contributed by atoms with Crippen LogP contribution in [0, 0.1) is 5.92 Å². The van der Waals surface area contributed by atoms with Crippen molar-refractivity contribution in [1.29, 1.82) is 0 Å². The normalized spacial score (nSPS) is 11.5. The van der Waals surface area contributed by atoms with E-state index in [9.17, 15) is 9.59 Å². The molecule has 0 aliphatic rings. The maximum Gasteiger partial charge on any atom is 0.303 e. The molecule has 0 saturated carbocycles. The molecule has 114 valence electrons. The van der Waals surface area contributed by atoms with Crippen LogP contribution in [0.4, 0.5) is 0 Å². The zero-order valence-electron chi connectivity index (χ0n) is 12.2. The lowest BCUT2D eigenvalue weighted by Crippen LogP contribution is -2.29. The molecule has 1 atom stereocenters. The van der Waals surface area contributed by atoms with Crippen LogP contribution in [0.15, 0.2) is 36.9 Å². The fourth-order valence-corrected chi connectivity index (χ4v) is 1.76. The van der Waals surface area contributed by atoms with Crippen molar-refractivity contribution in [2.75, 3.05) is 13.2 Å². The Morgan fingerprint density at radius 2 is 2.14 bits per heavy atom. The zero-order valence-corrected chi connectivity index (χ0v) is 12.2. The van der Waals surface area contributed by atoms with Gasteiger partial charge in [-0.05, 0) is 24.5 Å². The second kappa shape index (κ2) is 8.79. The Hall–Kier alpha value is -2.30. The Bertz CT molecular complexity index is 499. The van der Waals surface area contributed by atoms with Crippen LogP contribution in [-0.2, 0) is 4.79 Å². The van der Waals surface area contributed by atoms with Crippen molar-refractivity contribution < 1.29 is 19.4 Å². The van der Waals surface area contributed by atoms with Crippen LogP contribution in [0.25, 0.3) is 0 Å². The van der Waals surface area contributed by atoms with Gasteiger partial charge >= 0.3 is 5.97 Å². The Morgan fingerprint density at radius 1 is 1.43 bits per heavy atom. The van der Waals surface area contributed by atoms with Gasteiger partial charge in [0.15, 0.2) is 0 Å². The van der Waals surface area contributed by atoms with Crippen molar-refractivity contribution in [3.05, 3.63) is 42.5 Å². The molecule has 1 aromatic carbocycles. The summed E-state index contributed by atoms with van der Waals surface area (Å²) in [7, 11) is 0. The van der Waals surface area contributed by atoms with E-state index in [4.69, 9.17) is 9.84 Å². The minimum atomic E-state index is -0.823. The molecule has 2 N–H and O–H groups in total. The number of carboxylic acid groups (broad SMARTS) is 1. The molecule has 0 bridgehead atoms. The number of rotatable bonds is 9. The monoisotopic (exact) mass is 291 g/mol. The summed E-state index contributed by atoms with van der Waals surface area (Å²) in [5.74, 6) is -0.437. The molecule has 5 heteroatoms. The van der Waals surface area contributed by atoms with Gasteiger partial charge < -0.3 is 15.2 Å². The van der Waals surface area contributed by atoms with E-state index in [1.807, 2.05) is 6.92 Å². The highest BCUT2D eigenvalue weighted by Gasteiger charge is 2.13. The Morgan fingerprint density at radius 3 is 2.81 bits per heavy atom. The van der Waals surface area contributed by atoms with Crippen LogP contribution in [0.3, 0.4) is 0 Å². The number of hydrogen-bond acceptors (Lipinski definition) is 3. The highest BCUT2D eigenvalue weighted by Crippen LogP contribution is 2.18. The van der Waals surface area contributed by atoms with E-state index in [0.29, 0.717) is 30.9 Å². The van der Waals surface area contributed by atoms with E-state index in [1.54, 1.807) is 30.3 Å². The zero-order chi connectivity index (χ0) is 15.7. The van der Waals surface area contributed by atoms with E-state index in [0.717, 1.165) is 0 Å². The first-order chi connectivity index (χ1) is 10.0. The largest absolute Gasteiger partial charge is 0.489 e. The molecule has 0 fully saturated rings. The lowest BCUT2D eigenvalue weighted by atomic mass is 10.1. The number of benzene rings is 1. The number of carbonyl (C=O) groups excluding carboxylic acids is 1. The number of nitrogens with one attached hydrogen (secondary N) is 1. The van der Waals surface area contributed by atoms with Crippen LogP contribution in [0.2, 0.25) is 0 Å². The molecule has 0 saturated heterocycles. The van der Waals surface area contributed by atoms with Gasteiger partial charge in [0.25, 0.3) is 5.91 Å². The van der Waals surface area contributed by atoms with Crippen LogP contribution in [-0.4, -0.2) is 30.1 Å². The molecule has 0 heterocycles. The average molecular weight is 291 g/mol. The maximum atomic E-state index is 12.1. The van der Waals surface area contributed by atoms with Gasteiger partial charge in [-0.2, -0.15) is 0 Å². The standard InChI is InChI=1S/C16H21NO4/c1-3-10-21-14-7-5-4-6-13(14)16(20)17-11-12(2)8-9-15(18)19/h3-7,12H,1,8-11H2,2H3,(H,17,20)(H,18,19). The van der Waals surface area contributed by atoms with Gasteiger partial charge in [0.1, 0.15) is 12.4 Å². The molecule has 0 aromatic heterocycles. The van der Waals surface area contributed by atoms with Gasteiger partial charge in [-0.3, -0.25) is 9.59 Å². The number of carbonyl (C=O) groups is 2. The van der Waals surface area contributed by atoms with Gasteiger partial charge in [-0.1, -0.05) is 31.7 Å². The number of hydrogen-bond donors (Lipinski definition) is 2. The number of aliphatic carboxylic acids is 1. The molecule has 5 nitrogen and oxygen atoms in total. The summed E-state index contributed by atoms with van der Waals surface area (Å²) < 4.78 is 5.44. The third-order valence-corrected chi connectivity index (χ3v) is 2.95. The Kier molecular flexibility index (Phi) is 7.01. The van der Waals surface area contributed by atoms with Crippen LogP contribution in [0.1, 0.15) is 30.1 Å². The topological polar surface area (TPSA) is 75.6 Å². The van der Waals surface area contributed by atoms with Crippen molar-refractivity contribution in [1.82, 2.24) is 5.32 Å². The summed E-state index contributed by atoms with van der Waals surface area (Å²) in [6, 6.07) is 6.98. The summed E-state index contributed by atoms with van der Waals surface area (Å²) in [5, 5.41) is 11.4. The summed E-state index contributed by atoms with van der Waals surface area (Å²) >= 11 is 0. The fourth-order valence-electron chi connectivity index (χ4n) is 1.76. The first kappa shape index (κ1) is 16.8. The minimum absolute atomic E-state index is 0.103. The molecule has 1 rings (SSSR count). The van der Waals surface area contributed by atoms with Crippen molar-refractivity contribution in [2.24, 2.45) is 5.92 Å². The average Bonchev–Trinajstić information content (AvgIpc) is 2.48. The number of carboxylic acids is 1. The fraction of sp³-hybridized carbons (Fsp3) is 0.375. The number of para-hydroxylation sites is 1. The summed E-state index contributed by atoms with van der Waals surface area (Å²) in [5.41, 5.74) is 0.463. The first-order valence-corrected chi connectivity index (χ1v) is 6.87. The summed E-state index contributed by atoms with van der Waals surface area (Å²) in [4.78, 5) is 22.6. The second-order valence-electron chi connectivity index (χ2n) is 4.84. The van der Waals surface area contributed by atoms with E-state index in [1.165, 1.54) is 0 Å². The van der Waals surface area contributed by atoms with Crippen LogP contribution in [0.5, 0.6) is 5.75 Å². The Labute approximate surface area is 124 Å². The molecule has 0 aliphatic heterocycles. The highest BCUT2D eigenvalue weighted by molar-refractivity contribution is 5.96. The van der Waals surface area contributed by atoms with Crippen molar-refractivity contribution in [3.63, 3.8) is 0 Å². The van der Waals surface area contributed by atoms with Crippen molar-refractivity contribution >= 4 is 11.9 Å². The number of ether oxygens (including phenoxy) is 1. The van der Waals surface area contributed by atoms with E-state index in [-0.39, 0.29) is 18.2 Å². The second-order valence-corrected chi connectivity index (χ2v) is 4.84. The molecule has 21 heavy (non-hydrogen) atoms. The van der Waals surface area contributed by atoms with E-state index in [2.05, 4.69) is 11.9 Å². The third kappa shape index (κ3) is 6.12. The third-order valence-electron chi connectivity index (χ3n) is 2.95. The molecule has 1 aromatic rings. The SMILES string of the molecule is C=CCOc1ccccc1C(=O)NCC(C)CCC(=O)O. The molecular formula is C16H21NO4. The van der Waals surface area contributed by atoms with Crippen LogP contribution < -0.4 is 10.1 Å². The van der Waals surface area contributed by atoms with Gasteiger partial charge in [0, 0.05) is 13.0 Å². The quantitative estimate of drug-likeness (QED) is 0.685. The molecule has 0 aliphatic carbocycles. The first-order valence-electron chi connectivity index (χ1n) is 6.87. The van der Waals surface area contributed by atoms with Gasteiger partial charge in [0.2, 0.25) is 0 Å². The van der Waals surface area contributed by atoms with Crippen molar-refractivity contribution in [2.45, 2.75) is 19.8 Å². The number of amides is 1. The Balaban J connectivity index is 2.55. The predicted molar refractivity (Wildman–Crippen MR) is 80.5 cm³/mol. The lowest BCUT2D eigenvalue weighted by Gasteiger charge is -2.13. The molecule has 1 amide bonds. The van der Waals surface area contributed by atoms with Gasteiger partial charge in [-0.25, -0.2) is 0 Å².